The Kier molecular flexibility index (Phi) is 11.7. The van der Waals surface area contributed by atoms with Crippen LogP contribution in [0.5, 0.6) is 0 Å². The first kappa shape index (κ1) is 44.1. The first-order valence-electron chi connectivity index (χ1n) is 24.2. The van der Waals surface area contributed by atoms with Gasteiger partial charge in [0.15, 0.2) is 11.6 Å². The van der Waals surface area contributed by atoms with Gasteiger partial charge in [-0.3, -0.25) is 4.90 Å². The zero-order valence-corrected chi connectivity index (χ0v) is 40.6. The van der Waals surface area contributed by atoms with E-state index in [4.69, 9.17) is 15.0 Å². The molecular weight excluding hydrogens is 848 g/mol. The largest absolute Gasteiger partial charge is 0.278 e. The number of hydrogen-bond acceptors (Lipinski definition) is 4. The molecule has 0 aliphatic carbocycles. The van der Waals surface area contributed by atoms with Crippen molar-refractivity contribution in [2.45, 2.75) is 41.5 Å². The van der Waals surface area contributed by atoms with E-state index in [9.17, 15) is 0 Å². The molecule has 0 unspecified atom stereocenters. The predicted molar refractivity (Wildman–Crippen MR) is 297 cm³/mol. The quantitative estimate of drug-likeness (QED) is 0.128. The molecule has 0 saturated carbocycles. The molecule has 0 N–H and O–H groups in total. The average molecular weight is 901 g/mol. The van der Waals surface area contributed by atoms with Crippen molar-refractivity contribution in [1.82, 2.24) is 15.0 Å². The molecule has 0 saturated heterocycles. The molecule has 336 valence electrons. The van der Waals surface area contributed by atoms with E-state index in [0.29, 0.717) is 17.6 Å². The molecule has 11 aromatic rings. The van der Waals surface area contributed by atoms with E-state index in [1.807, 2.05) is 36.4 Å². The Bertz CT molecular complexity index is 3550. The Labute approximate surface area is 412 Å². The molecule has 0 fully saturated rings. The topological polar surface area (TPSA) is 41.9 Å². The third kappa shape index (κ3) is 8.24. The van der Waals surface area contributed by atoms with Gasteiger partial charge in [0.05, 0.1) is 5.69 Å². The van der Waals surface area contributed by atoms with Crippen molar-refractivity contribution in [1.29, 1.82) is 0 Å². The molecule has 1 aromatic heterocycles. The number of fused-ring (bicyclic) bond motifs is 2. The second-order valence-electron chi connectivity index (χ2n) is 18.7. The standard InChI is InChI=1S/C65H53BN4/c1-42-38-44(3)61(45(4)39-42)66(62-46(5)40-43(2)41-47(62)6)58-36-37-59(57-29-17-16-28-56(57)58)70(65-68-63(51-22-12-8-13-23-51)67-64(69-65)52-24-14-9-15-25-52)53-34-32-49(33-35-53)55-31-19-27-50-26-18-30-54(60(50)55)48-20-10-7-11-21-48/h7-41H,1-6H3. The lowest BCUT2D eigenvalue weighted by Gasteiger charge is -2.29. The van der Waals surface area contributed by atoms with Crippen molar-refractivity contribution in [2.75, 3.05) is 4.90 Å². The number of anilines is 3. The highest BCUT2D eigenvalue weighted by molar-refractivity contribution is 6.98. The molecule has 70 heavy (non-hydrogen) atoms. The molecule has 0 aliphatic heterocycles. The zero-order chi connectivity index (χ0) is 47.9. The highest BCUT2D eigenvalue weighted by Gasteiger charge is 2.31. The molecule has 1 heterocycles. The minimum absolute atomic E-state index is 0.0131. The van der Waals surface area contributed by atoms with Gasteiger partial charge in [0, 0.05) is 22.2 Å². The third-order valence-corrected chi connectivity index (χ3v) is 13.9. The SMILES string of the molecule is Cc1cc(C)c(B(c2c(C)cc(C)cc2C)c2ccc(N(c3ccc(-c4cccc5cccc(-c6ccccc6)c45)cc3)c3nc(-c4ccccc4)nc(-c4ccccc4)n3)c3ccccc23)c(C)c1. The van der Waals surface area contributed by atoms with E-state index in [0.717, 1.165) is 33.5 Å². The molecule has 0 spiro atoms. The number of benzene rings is 10. The molecule has 4 nitrogen and oxygen atoms in total. The van der Waals surface area contributed by atoms with Gasteiger partial charge < -0.3 is 0 Å². The second kappa shape index (κ2) is 18.6. The molecule has 10 aromatic carbocycles. The third-order valence-electron chi connectivity index (χ3n) is 13.9. The van der Waals surface area contributed by atoms with Crippen LogP contribution in [0, 0.1) is 41.5 Å². The molecule has 0 amide bonds. The van der Waals surface area contributed by atoms with Crippen LogP contribution in [0.15, 0.2) is 212 Å². The van der Waals surface area contributed by atoms with E-state index in [2.05, 4.69) is 222 Å². The minimum Gasteiger partial charge on any atom is -0.278 e. The summed E-state index contributed by atoms with van der Waals surface area (Å²) in [5, 5.41) is 4.71. The van der Waals surface area contributed by atoms with Crippen LogP contribution in [0.2, 0.25) is 0 Å². The van der Waals surface area contributed by atoms with Crippen LogP contribution in [0.3, 0.4) is 0 Å². The second-order valence-corrected chi connectivity index (χ2v) is 18.7. The van der Waals surface area contributed by atoms with Gasteiger partial charge in [-0.25, -0.2) is 4.98 Å². The van der Waals surface area contributed by atoms with Gasteiger partial charge in [0.25, 0.3) is 0 Å². The summed E-state index contributed by atoms with van der Waals surface area (Å²) in [6.07, 6.45) is 0. The van der Waals surface area contributed by atoms with E-state index < -0.39 is 0 Å². The first-order valence-corrected chi connectivity index (χ1v) is 24.2. The Hall–Kier alpha value is -8.41. The maximum absolute atomic E-state index is 5.38. The van der Waals surface area contributed by atoms with Crippen LogP contribution in [-0.4, -0.2) is 21.7 Å². The van der Waals surface area contributed by atoms with Gasteiger partial charge in [-0.15, -0.1) is 0 Å². The maximum Gasteiger partial charge on any atom is 0.243 e. The van der Waals surface area contributed by atoms with Crippen LogP contribution < -0.4 is 21.3 Å². The Morgan fingerprint density at radius 3 is 1.31 bits per heavy atom. The summed E-state index contributed by atoms with van der Waals surface area (Å²) in [6.45, 7) is 13.5. The van der Waals surface area contributed by atoms with Gasteiger partial charge in [-0.05, 0) is 98.2 Å². The fraction of sp³-hybridized carbons (Fsp3) is 0.0923. The summed E-state index contributed by atoms with van der Waals surface area (Å²) in [5.41, 5.74) is 20.1. The zero-order valence-electron chi connectivity index (χ0n) is 40.6. The van der Waals surface area contributed by atoms with Crippen LogP contribution in [0.4, 0.5) is 17.3 Å². The highest BCUT2D eigenvalue weighted by atomic mass is 15.3. The van der Waals surface area contributed by atoms with Crippen LogP contribution in [0.1, 0.15) is 33.4 Å². The van der Waals surface area contributed by atoms with Gasteiger partial charge in [-0.1, -0.05) is 244 Å². The van der Waals surface area contributed by atoms with Crippen LogP contribution in [0.25, 0.3) is 66.6 Å². The number of aromatic nitrogens is 3. The molecule has 0 radical (unpaired) electrons. The Morgan fingerprint density at radius 1 is 0.371 bits per heavy atom. The fourth-order valence-electron chi connectivity index (χ4n) is 11.0. The van der Waals surface area contributed by atoms with Crippen molar-refractivity contribution in [3.05, 3.63) is 246 Å². The van der Waals surface area contributed by atoms with E-state index in [1.54, 1.807) is 0 Å². The molecule has 0 bridgehead atoms. The smallest absolute Gasteiger partial charge is 0.243 e. The van der Waals surface area contributed by atoms with Crippen molar-refractivity contribution in [2.24, 2.45) is 0 Å². The fourth-order valence-corrected chi connectivity index (χ4v) is 11.0. The summed E-state index contributed by atoms with van der Waals surface area (Å²) in [7, 11) is 0. The molecule has 5 heteroatoms. The number of aryl methyl sites for hydroxylation is 6. The van der Waals surface area contributed by atoms with Gasteiger partial charge in [0.2, 0.25) is 12.7 Å². The van der Waals surface area contributed by atoms with Crippen molar-refractivity contribution >= 4 is 62.0 Å². The lowest BCUT2D eigenvalue weighted by Crippen LogP contribution is -2.56. The Balaban J connectivity index is 1.16. The molecule has 11 rings (SSSR count). The number of hydrogen-bond donors (Lipinski definition) is 0. The summed E-state index contributed by atoms with van der Waals surface area (Å²) < 4.78 is 0. The Morgan fingerprint density at radius 2 is 0.814 bits per heavy atom. The van der Waals surface area contributed by atoms with Crippen molar-refractivity contribution in [3.63, 3.8) is 0 Å². The highest BCUT2D eigenvalue weighted by Crippen LogP contribution is 2.41. The normalized spacial score (nSPS) is 11.3. The summed E-state index contributed by atoms with van der Waals surface area (Å²) in [6, 6.07) is 76.1. The first-order chi connectivity index (χ1) is 34.2. The van der Waals surface area contributed by atoms with Crippen LogP contribution >= 0.6 is 0 Å². The van der Waals surface area contributed by atoms with E-state index in [-0.39, 0.29) is 6.71 Å². The number of rotatable bonds is 10. The lowest BCUT2D eigenvalue weighted by atomic mass is 9.33. The average Bonchev–Trinajstić information content (AvgIpc) is 3.38. The number of nitrogens with zero attached hydrogens (tertiary/aromatic N) is 4. The summed E-state index contributed by atoms with van der Waals surface area (Å²) in [4.78, 5) is 18.1. The molecule has 0 atom stereocenters. The van der Waals surface area contributed by atoms with E-state index >= 15 is 0 Å². The lowest BCUT2D eigenvalue weighted by molar-refractivity contribution is 1.02. The van der Waals surface area contributed by atoms with Crippen LogP contribution in [-0.2, 0) is 0 Å². The predicted octanol–water partition coefficient (Wildman–Crippen LogP) is 14.7. The minimum atomic E-state index is -0.0131. The van der Waals surface area contributed by atoms with E-state index in [1.165, 1.54) is 82.6 Å². The summed E-state index contributed by atoms with van der Waals surface area (Å²) >= 11 is 0. The molecular formula is C65H53BN4. The maximum atomic E-state index is 5.38. The van der Waals surface area contributed by atoms with Gasteiger partial charge in [0.1, 0.15) is 0 Å². The van der Waals surface area contributed by atoms with Gasteiger partial charge >= 0.3 is 0 Å². The monoisotopic (exact) mass is 900 g/mol. The molecule has 0 aliphatic rings. The van der Waals surface area contributed by atoms with Gasteiger partial charge in [-0.2, -0.15) is 9.97 Å². The summed E-state index contributed by atoms with van der Waals surface area (Å²) in [5.74, 6) is 1.74. The van der Waals surface area contributed by atoms with Crippen molar-refractivity contribution < 1.29 is 0 Å². The van der Waals surface area contributed by atoms with Crippen molar-refractivity contribution in [3.8, 4) is 45.0 Å².